The first kappa shape index (κ1) is 15.7. The molecule has 0 heteroatoms. The zero-order chi connectivity index (χ0) is 18.8. The van der Waals surface area contributed by atoms with Crippen molar-refractivity contribution in [3.8, 4) is 33.4 Å². The molecule has 0 radical (unpaired) electrons. The van der Waals surface area contributed by atoms with Gasteiger partial charge in [0.15, 0.2) is 0 Å². The van der Waals surface area contributed by atoms with Crippen LogP contribution in [0.5, 0.6) is 0 Å². The summed E-state index contributed by atoms with van der Waals surface area (Å²) < 4.78 is 0. The lowest BCUT2D eigenvalue weighted by atomic mass is 9.85. The Morgan fingerprint density at radius 2 is 1.07 bits per heavy atom. The second kappa shape index (κ2) is 5.56. The summed E-state index contributed by atoms with van der Waals surface area (Å²) in [5, 5.41) is 5.48. The van der Waals surface area contributed by atoms with Gasteiger partial charge in [-0.05, 0) is 79.9 Å². The number of rotatable bonds is 1. The lowest BCUT2D eigenvalue weighted by Crippen LogP contribution is -1.93. The molecule has 132 valence electrons. The van der Waals surface area contributed by atoms with E-state index in [2.05, 4.69) is 98.8 Å². The van der Waals surface area contributed by atoms with Gasteiger partial charge >= 0.3 is 0 Å². The molecular formula is C28H20. The van der Waals surface area contributed by atoms with Crippen molar-refractivity contribution in [3.63, 3.8) is 0 Å². The van der Waals surface area contributed by atoms with Crippen LogP contribution >= 0.6 is 0 Å². The molecular weight excluding hydrogens is 336 g/mol. The van der Waals surface area contributed by atoms with Gasteiger partial charge in [-0.3, -0.25) is 0 Å². The maximum atomic E-state index is 2.30. The van der Waals surface area contributed by atoms with E-state index < -0.39 is 0 Å². The molecule has 0 saturated heterocycles. The van der Waals surface area contributed by atoms with Crippen LogP contribution in [0.3, 0.4) is 0 Å². The van der Waals surface area contributed by atoms with E-state index in [4.69, 9.17) is 0 Å². The third kappa shape index (κ3) is 1.90. The molecule has 0 atom stereocenters. The zero-order valence-corrected chi connectivity index (χ0v) is 16.1. The van der Waals surface area contributed by atoms with E-state index >= 15 is 0 Å². The van der Waals surface area contributed by atoms with Gasteiger partial charge in [-0.2, -0.15) is 0 Å². The summed E-state index contributed by atoms with van der Waals surface area (Å²) in [5.41, 5.74) is 11.0. The molecule has 0 aromatic heterocycles. The minimum atomic E-state index is 1.28. The molecule has 0 aliphatic heterocycles. The fourth-order valence-electron chi connectivity index (χ4n) is 5.19. The molecule has 0 heterocycles. The smallest absolute Gasteiger partial charge is 0.00262 e. The average molecular weight is 356 g/mol. The van der Waals surface area contributed by atoms with Crippen LogP contribution in [0.2, 0.25) is 0 Å². The molecule has 1 aliphatic rings. The third-order valence-electron chi connectivity index (χ3n) is 6.37. The van der Waals surface area contributed by atoms with Crippen molar-refractivity contribution in [2.75, 3.05) is 0 Å². The molecule has 28 heavy (non-hydrogen) atoms. The van der Waals surface area contributed by atoms with Crippen LogP contribution < -0.4 is 0 Å². The molecule has 5 aromatic carbocycles. The number of hydrogen-bond acceptors (Lipinski definition) is 0. The van der Waals surface area contributed by atoms with Crippen LogP contribution in [-0.2, 0) is 0 Å². The molecule has 0 bridgehead atoms. The van der Waals surface area contributed by atoms with Gasteiger partial charge in [-0.15, -0.1) is 0 Å². The maximum absolute atomic E-state index is 2.30. The predicted octanol–water partition coefficient (Wildman–Crippen LogP) is 7.92. The Kier molecular flexibility index (Phi) is 3.11. The molecule has 0 nitrogen and oxygen atoms in total. The van der Waals surface area contributed by atoms with Crippen LogP contribution in [-0.4, -0.2) is 0 Å². The van der Waals surface area contributed by atoms with E-state index in [0.717, 1.165) is 0 Å². The van der Waals surface area contributed by atoms with Crippen LogP contribution in [0.25, 0.3) is 54.9 Å². The van der Waals surface area contributed by atoms with Gasteiger partial charge in [0.25, 0.3) is 0 Å². The molecule has 0 saturated carbocycles. The van der Waals surface area contributed by atoms with Crippen LogP contribution in [0, 0.1) is 13.8 Å². The molecule has 0 N–H and O–H groups in total. The van der Waals surface area contributed by atoms with E-state index in [0.29, 0.717) is 0 Å². The van der Waals surface area contributed by atoms with Gasteiger partial charge in [0.1, 0.15) is 0 Å². The second-order valence-electron chi connectivity index (χ2n) is 7.80. The summed E-state index contributed by atoms with van der Waals surface area (Å²) in [6.07, 6.45) is 0. The Labute approximate surface area is 165 Å². The zero-order valence-electron chi connectivity index (χ0n) is 16.1. The van der Waals surface area contributed by atoms with Gasteiger partial charge in [-0.25, -0.2) is 0 Å². The van der Waals surface area contributed by atoms with E-state index in [1.165, 1.54) is 66.1 Å². The standard InChI is InChI=1S/C28H20/c1-17-21-13-8-14-22(19-9-4-3-5-10-19)25(21)18(2)27-24-16-7-12-20-11-6-15-23(26(17)27)28(20)24/h3-16H,1-2H3. The third-order valence-corrected chi connectivity index (χ3v) is 6.37. The highest BCUT2D eigenvalue weighted by molar-refractivity contribution is 6.21. The highest BCUT2D eigenvalue weighted by atomic mass is 14.3. The summed E-state index contributed by atoms with van der Waals surface area (Å²) in [4.78, 5) is 0. The number of aryl methyl sites for hydroxylation is 2. The molecule has 6 rings (SSSR count). The van der Waals surface area contributed by atoms with Crippen molar-refractivity contribution in [3.05, 3.63) is 96.1 Å². The Bertz CT molecular complexity index is 1400. The first-order valence-corrected chi connectivity index (χ1v) is 9.89. The Balaban J connectivity index is 1.82. The van der Waals surface area contributed by atoms with E-state index in [1.807, 2.05) is 0 Å². The summed E-state index contributed by atoms with van der Waals surface area (Å²) in [6.45, 7) is 4.60. The fraction of sp³-hybridized carbons (Fsp3) is 0.0714. The van der Waals surface area contributed by atoms with Crippen molar-refractivity contribution in [2.45, 2.75) is 13.8 Å². The SMILES string of the molecule is Cc1c2c(c(C)c3c(-c4ccccc4)cccc13)-c1cccc3cccc-2c13. The predicted molar refractivity (Wildman–Crippen MR) is 121 cm³/mol. The Morgan fingerprint density at radius 1 is 0.464 bits per heavy atom. The largest absolute Gasteiger partial charge is 0.0622 e. The van der Waals surface area contributed by atoms with Crippen molar-refractivity contribution in [1.29, 1.82) is 0 Å². The van der Waals surface area contributed by atoms with Crippen LogP contribution in [0.1, 0.15) is 11.1 Å². The summed E-state index contributed by atoms with van der Waals surface area (Å²) in [7, 11) is 0. The summed E-state index contributed by atoms with van der Waals surface area (Å²) >= 11 is 0. The Hall–Kier alpha value is -3.38. The van der Waals surface area contributed by atoms with Gasteiger partial charge in [0, 0.05) is 0 Å². The fourth-order valence-corrected chi connectivity index (χ4v) is 5.19. The first-order valence-electron chi connectivity index (χ1n) is 9.89. The Morgan fingerprint density at radius 3 is 1.79 bits per heavy atom. The minimum absolute atomic E-state index is 1.28. The number of fused-ring (bicyclic) bond motifs is 4. The van der Waals surface area contributed by atoms with Crippen LogP contribution in [0.15, 0.2) is 84.9 Å². The maximum Gasteiger partial charge on any atom is -0.00262 e. The van der Waals surface area contributed by atoms with Gasteiger partial charge < -0.3 is 0 Å². The minimum Gasteiger partial charge on any atom is -0.0622 e. The molecule has 5 aromatic rings. The summed E-state index contributed by atoms with van der Waals surface area (Å²) in [5.74, 6) is 0. The highest BCUT2D eigenvalue weighted by Crippen LogP contribution is 2.53. The van der Waals surface area contributed by atoms with Crippen molar-refractivity contribution in [2.24, 2.45) is 0 Å². The number of hydrogen-bond donors (Lipinski definition) is 0. The monoisotopic (exact) mass is 356 g/mol. The van der Waals surface area contributed by atoms with E-state index in [-0.39, 0.29) is 0 Å². The van der Waals surface area contributed by atoms with Crippen molar-refractivity contribution < 1.29 is 0 Å². The lowest BCUT2D eigenvalue weighted by Gasteiger charge is -2.18. The van der Waals surface area contributed by atoms with Crippen LogP contribution in [0.4, 0.5) is 0 Å². The summed E-state index contributed by atoms with van der Waals surface area (Å²) in [6, 6.07) is 30.9. The number of benzene rings is 5. The van der Waals surface area contributed by atoms with Gasteiger partial charge in [0.2, 0.25) is 0 Å². The second-order valence-corrected chi connectivity index (χ2v) is 7.80. The lowest BCUT2D eigenvalue weighted by molar-refractivity contribution is 1.47. The van der Waals surface area contributed by atoms with Crippen molar-refractivity contribution >= 4 is 21.5 Å². The normalized spacial score (nSPS) is 11.9. The van der Waals surface area contributed by atoms with Crippen molar-refractivity contribution in [1.82, 2.24) is 0 Å². The average Bonchev–Trinajstić information content (AvgIpc) is 3.09. The van der Waals surface area contributed by atoms with Gasteiger partial charge in [-0.1, -0.05) is 84.9 Å². The molecule has 1 aliphatic carbocycles. The molecule has 0 unspecified atom stereocenters. The quantitative estimate of drug-likeness (QED) is 0.281. The molecule has 0 spiro atoms. The van der Waals surface area contributed by atoms with E-state index in [9.17, 15) is 0 Å². The van der Waals surface area contributed by atoms with Gasteiger partial charge in [0.05, 0.1) is 0 Å². The van der Waals surface area contributed by atoms with E-state index in [1.54, 1.807) is 0 Å². The molecule has 0 fully saturated rings. The highest BCUT2D eigenvalue weighted by Gasteiger charge is 2.27. The first-order chi connectivity index (χ1) is 13.8. The topological polar surface area (TPSA) is 0 Å². The molecule has 0 amide bonds.